The highest BCUT2D eigenvalue weighted by Crippen LogP contribution is 2.36. The van der Waals surface area contributed by atoms with Gasteiger partial charge in [-0.3, -0.25) is 9.78 Å². The molecule has 0 spiro atoms. The van der Waals surface area contributed by atoms with Crippen molar-refractivity contribution in [3.63, 3.8) is 0 Å². The zero-order chi connectivity index (χ0) is 24.3. The molecular formula is C24H15BrN6O3S. The maximum atomic E-state index is 12.2. The van der Waals surface area contributed by atoms with Gasteiger partial charge in [0.1, 0.15) is 10.7 Å². The number of pyridine rings is 1. The third-order valence-electron chi connectivity index (χ3n) is 5.78. The lowest BCUT2D eigenvalue weighted by Gasteiger charge is -2.10. The first kappa shape index (κ1) is 21.4. The fraction of sp³-hybridized carbons (Fsp3) is 0. The highest BCUT2D eigenvalue weighted by Gasteiger charge is 2.33. The first-order chi connectivity index (χ1) is 16.8. The van der Waals surface area contributed by atoms with E-state index in [2.05, 4.69) is 26.0 Å². The normalized spacial score (nSPS) is 14.1. The molecule has 3 aromatic heterocycles. The number of nitrogens with zero attached hydrogens (tertiary/aromatic N) is 4. The number of hydrogen-bond donors (Lipinski definition) is 2. The second-order valence-corrected chi connectivity index (χ2v) is 10.3. The van der Waals surface area contributed by atoms with Crippen molar-refractivity contribution in [2.75, 3.05) is 5.73 Å². The van der Waals surface area contributed by atoms with Crippen molar-refractivity contribution < 1.29 is 13.2 Å². The molecule has 4 heterocycles. The highest BCUT2D eigenvalue weighted by atomic mass is 79.9. The fourth-order valence-electron chi connectivity index (χ4n) is 4.04. The van der Waals surface area contributed by atoms with Gasteiger partial charge in [0.05, 0.1) is 27.6 Å². The summed E-state index contributed by atoms with van der Waals surface area (Å²) in [4.78, 5) is 21.5. The number of carbonyl (C=O) groups is 1. The lowest BCUT2D eigenvalue weighted by atomic mass is 10.1. The predicted molar refractivity (Wildman–Crippen MR) is 134 cm³/mol. The van der Waals surface area contributed by atoms with Gasteiger partial charge in [-0.15, -0.1) is 0 Å². The van der Waals surface area contributed by atoms with E-state index < -0.39 is 15.9 Å². The minimum Gasteiger partial charge on any atom is -0.383 e. The topological polar surface area (TPSA) is 132 Å². The summed E-state index contributed by atoms with van der Waals surface area (Å²) in [5.74, 6) is -0.371. The lowest BCUT2D eigenvalue weighted by molar-refractivity contribution is 0.0985. The molecular weight excluding hydrogens is 532 g/mol. The van der Waals surface area contributed by atoms with E-state index in [1.165, 1.54) is 16.6 Å². The summed E-state index contributed by atoms with van der Waals surface area (Å²) in [6.07, 6.45) is 3.42. The molecule has 172 valence electrons. The van der Waals surface area contributed by atoms with E-state index in [-0.39, 0.29) is 10.5 Å². The Balaban J connectivity index is 1.48. The van der Waals surface area contributed by atoms with E-state index in [4.69, 9.17) is 10.7 Å². The van der Waals surface area contributed by atoms with Gasteiger partial charge in [-0.2, -0.15) is 9.61 Å². The Labute approximate surface area is 207 Å². The van der Waals surface area contributed by atoms with E-state index in [0.29, 0.717) is 27.2 Å². The third-order valence-corrected chi connectivity index (χ3v) is 7.95. The average molecular weight is 547 g/mol. The summed E-state index contributed by atoms with van der Waals surface area (Å²) in [6.45, 7) is 0. The van der Waals surface area contributed by atoms with Crippen LogP contribution in [0.3, 0.4) is 0 Å². The molecule has 0 radical (unpaired) electrons. The van der Waals surface area contributed by atoms with Gasteiger partial charge in [0, 0.05) is 28.5 Å². The minimum absolute atomic E-state index is 0.0593. The van der Waals surface area contributed by atoms with Gasteiger partial charge in [0.25, 0.3) is 15.9 Å². The molecule has 1 aliphatic heterocycles. The van der Waals surface area contributed by atoms with Gasteiger partial charge in [-0.1, -0.05) is 42.5 Å². The van der Waals surface area contributed by atoms with Crippen molar-refractivity contribution in [2.45, 2.75) is 4.90 Å². The van der Waals surface area contributed by atoms with Gasteiger partial charge in [-0.05, 0) is 34.1 Å². The van der Waals surface area contributed by atoms with Crippen LogP contribution in [0, 0.1) is 0 Å². The van der Waals surface area contributed by atoms with Gasteiger partial charge in [0.15, 0.2) is 5.65 Å². The van der Waals surface area contributed by atoms with Crippen LogP contribution in [0.25, 0.3) is 39.3 Å². The second kappa shape index (κ2) is 7.72. The maximum Gasteiger partial charge on any atom is 0.266 e. The SMILES string of the molecule is Nc1c(Br)c(-c2ccc3c(c2)C(=O)NS3(=O)=O)nc2c(-c3ccc(-c4ccccc4)nc3)cnn12. The molecule has 35 heavy (non-hydrogen) atoms. The summed E-state index contributed by atoms with van der Waals surface area (Å²) in [5, 5.41) is 4.39. The number of amides is 1. The Bertz CT molecular complexity index is 1770. The Kier molecular flexibility index (Phi) is 4.73. The predicted octanol–water partition coefficient (Wildman–Crippen LogP) is 3.90. The quantitative estimate of drug-likeness (QED) is 0.350. The number of rotatable bonds is 3. The number of aromatic nitrogens is 4. The third kappa shape index (κ3) is 3.39. The lowest BCUT2D eigenvalue weighted by Crippen LogP contribution is -2.20. The molecule has 0 aliphatic carbocycles. The number of anilines is 1. The number of hydrogen-bond acceptors (Lipinski definition) is 7. The van der Waals surface area contributed by atoms with Crippen molar-refractivity contribution >= 4 is 43.3 Å². The van der Waals surface area contributed by atoms with Crippen molar-refractivity contribution in [2.24, 2.45) is 0 Å². The van der Waals surface area contributed by atoms with Gasteiger partial charge in [0.2, 0.25) is 0 Å². The first-order valence-corrected chi connectivity index (χ1v) is 12.7. The average Bonchev–Trinajstić information content (AvgIpc) is 3.39. The van der Waals surface area contributed by atoms with Crippen molar-refractivity contribution in [1.82, 2.24) is 24.3 Å². The van der Waals surface area contributed by atoms with E-state index in [0.717, 1.165) is 22.4 Å². The summed E-state index contributed by atoms with van der Waals surface area (Å²) in [5.41, 5.74) is 11.3. The molecule has 0 atom stereocenters. The molecule has 2 aromatic carbocycles. The van der Waals surface area contributed by atoms with Crippen LogP contribution in [-0.2, 0) is 10.0 Å². The summed E-state index contributed by atoms with van der Waals surface area (Å²) < 4.78 is 28.2. The van der Waals surface area contributed by atoms with Crippen LogP contribution in [0.2, 0.25) is 0 Å². The number of benzene rings is 2. The number of nitrogen functional groups attached to an aromatic ring is 1. The minimum atomic E-state index is -3.84. The molecule has 3 N–H and O–H groups in total. The first-order valence-electron chi connectivity index (χ1n) is 10.4. The summed E-state index contributed by atoms with van der Waals surface area (Å²) >= 11 is 3.48. The van der Waals surface area contributed by atoms with Gasteiger partial charge < -0.3 is 5.73 Å². The number of nitrogens with two attached hydrogens (primary N) is 1. The van der Waals surface area contributed by atoms with Crippen molar-refractivity contribution in [3.8, 4) is 33.6 Å². The molecule has 0 saturated carbocycles. The Hall–Kier alpha value is -4.09. The number of sulfonamides is 1. The van der Waals surface area contributed by atoms with Crippen LogP contribution >= 0.6 is 15.9 Å². The standard InChI is InChI=1S/C24H15BrN6O3S/c25-20-21(14-7-9-19-16(10-14)24(32)30-35(19,33)34)29-23-17(12-28-31(23)22(20)26)15-6-8-18(27-11-15)13-4-2-1-3-5-13/h1-12H,26H2,(H,30,32). The molecule has 1 aliphatic rings. The zero-order valence-corrected chi connectivity index (χ0v) is 20.2. The second-order valence-electron chi connectivity index (χ2n) is 7.90. The van der Waals surface area contributed by atoms with Gasteiger partial charge >= 0.3 is 0 Å². The van der Waals surface area contributed by atoms with Crippen LogP contribution in [-0.4, -0.2) is 33.9 Å². The van der Waals surface area contributed by atoms with Crippen LogP contribution in [0.1, 0.15) is 10.4 Å². The molecule has 1 amide bonds. The van der Waals surface area contributed by atoms with E-state index in [1.807, 2.05) is 47.2 Å². The number of fused-ring (bicyclic) bond motifs is 2. The smallest absolute Gasteiger partial charge is 0.266 e. The van der Waals surface area contributed by atoms with Crippen LogP contribution < -0.4 is 10.5 Å². The van der Waals surface area contributed by atoms with Crippen molar-refractivity contribution in [3.05, 3.63) is 83.1 Å². The largest absolute Gasteiger partial charge is 0.383 e. The van der Waals surface area contributed by atoms with Gasteiger partial charge in [-0.25, -0.2) is 18.1 Å². The molecule has 0 unspecified atom stereocenters. The zero-order valence-electron chi connectivity index (χ0n) is 17.8. The summed E-state index contributed by atoms with van der Waals surface area (Å²) in [7, 11) is -3.84. The van der Waals surface area contributed by atoms with Crippen molar-refractivity contribution in [1.29, 1.82) is 0 Å². The molecule has 11 heteroatoms. The Morgan fingerprint density at radius 2 is 1.69 bits per heavy atom. The fourth-order valence-corrected chi connectivity index (χ4v) is 5.68. The van der Waals surface area contributed by atoms with E-state index in [1.54, 1.807) is 18.5 Å². The van der Waals surface area contributed by atoms with E-state index >= 15 is 0 Å². The molecule has 0 fully saturated rings. The molecule has 0 bridgehead atoms. The molecule has 0 saturated heterocycles. The summed E-state index contributed by atoms with van der Waals surface area (Å²) in [6, 6.07) is 18.2. The number of halogens is 1. The highest BCUT2D eigenvalue weighted by molar-refractivity contribution is 9.10. The maximum absolute atomic E-state index is 12.2. The van der Waals surface area contributed by atoms with Crippen LogP contribution in [0.5, 0.6) is 0 Å². The molecule has 9 nitrogen and oxygen atoms in total. The van der Waals surface area contributed by atoms with E-state index in [9.17, 15) is 13.2 Å². The Morgan fingerprint density at radius 3 is 2.43 bits per heavy atom. The number of nitrogens with one attached hydrogen (secondary N) is 1. The number of carbonyl (C=O) groups excluding carboxylic acids is 1. The van der Waals surface area contributed by atoms with Crippen LogP contribution in [0.4, 0.5) is 5.82 Å². The monoisotopic (exact) mass is 546 g/mol. The Morgan fingerprint density at radius 1 is 0.914 bits per heavy atom. The molecule has 6 rings (SSSR count). The molecule has 5 aromatic rings. The van der Waals surface area contributed by atoms with Crippen LogP contribution in [0.15, 0.2) is 82.4 Å².